The van der Waals surface area contributed by atoms with E-state index in [9.17, 15) is 4.57 Å². The molecular formula is C19H26NO4PS2. The van der Waals surface area contributed by atoms with Gasteiger partial charge in [-0.15, -0.1) is 22.7 Å². The van der Waals surface area contributed by atoms with E-state index in [4.69, 9.17) is 15.5 Å². The van der Waals surface area contributed by atoms with E-state index < -0.39 is 13.4 Å². The first-order valence-electron chi connectivity index (χ1n) is 8.74. The Morgan fingerprint density at radius 3 is 2.74 bits per heavy atom. The number of aryl methyl sites for hydroxylation is 3. The number of phosphoric ester groups is 1. The number of rotatable bonds is 9. The minimum atomic E-state index is -4.49. The van der Waals surface area contributed by atoms with Crippen molar-refractivity contribution in [3.63, 3.8) is 0 Å². The standard InChI is InChI=1S/C19H26NO4PS2/c1-15-11-13-26-18(15)7-5-3-4-6-16-8-9-17(27-16)10-12-19(2,20)14-24-25(21,22)23/h8-9,11,13H,3,5,7,10,12,14,20H2,1-2H3,(H2,21,22,23). The maximum atomic E-state index is 10.8. The van der Waals surface area contributed by atoms with E-state index >= 15 is 0 Å². The fraction of sp³-hybridized carbons (Fsp3) is 0.474. The van der Waals surface area contributed by atoms with Crippen molar-refractivity contribution in [2.75, 3.05) is 6.61 Å². The van der Waals surface area contributed by atoms with Crippen molar-refractivity contribution in [2.45, 2.75) is 51.5 Å². The average molecular weight is 428 g/mol. The Kier molecular flexibility index (Phi) is 8.26. The minimum Gasteiger partial charge on any atom is -0.323 e. The molecule has 5 nitrogen and oxygen atoms in total. The van der Waals surface area contributed by atoms with Crippen molar-refractivity contribution in [3.8, 4) is 11.8 Å². The zero-order chi connectivity index (χ0) is 19.9. The molecule has 0 bridgehead atoms. The predicted molar refractivity (Wildman–Crippen MR) is 112 cm³/mol. The third-order valence-electron chi connectivity index (χ3n) is 4.05. The molecule has 1 unspecified atom stereocenters. The second kappa shape index (κ2) is 9.99. The summed E-state index contributed by atoms with van der Waals surface area (Å²) in [7, 11) is -4.49. The predicted octanol–water partition coefficient (Wildman–Crippen LogP) is 4.25. The summed E-state index contributed by atoms with van der Waals surface area (Å²) in [6.45, 7) is 3.70. The second-order valence-electron chi connectivity index (χ2n) is 6.87. The van der Waals surface area contributed by atoms with Crippen LogP contribution in [0.2, 0.25) is 0 Å². The fourth-order valence-electron chi connectivity index (χ4n) is 2.44. The van der Waals surface area contributed by atoms with Crippen LogP contribution < -0.4 is 5.73 Å². The molecule has 0 saturated heterocycles. The largest absolute Gasteiger partial charge is 0.469 e. The number of unbranched alkanes of at least 4 members (excludes halogenated alkanes) is 1. The van der Waals surface area contributed by atoms with Crippen LogP contribution in [0, 0.1) is 18.8 Å². The van der Waals surface area contributed by atoms with Crippen molar-refractivity contribution < 1.29 is 18.9 Å². The average Bonchev–Trinajstić information content (AvgIpc) is 3.20. The molecule has 4 N–H and O–H groups in total. The van der Waals surface area contributed by atoms with Gasteiger partial charge in [0.15, 0.2) is 0 Å². The first kappa shape index (κ1) is 22.3. The number of nitrogens with two attached hydrogens (primary N) is 1. The fourth-order valence-corrected chi connectivity index (χ4v) is 4.74. The van der Waals surface area contributed by atoms with E-state index in [0.717, 1.165) is 35.4 Å². The van der Waals surface area contributed by atoms with Crippen molar-refractivity contribution in [1.82, 2.24) is 0 Å². The Labute approximate surface area is 168 Å². The number of hydrogen-bond donors (Lipinski definition) is 3. The topological polar surface area (TPSA) is 92.8 Å². The minimum absolute atomic E-state index is 0.182. The van der Waals surface area contributed by atoms with Crippen molar-refractivity contribution >= 4 is 30.5 Å². The highest BCUT2D eigenvalue weighted by Gasteiger charge is 2.24. The summed E-state index contributed by atoms with van der Waals surface area (Å²) in [6.07, 6.45) is 4.32. The zero-order valence-corrected chi connectivity index (χ0v) is 18.1. The van der Waals surface area contributed by atoms with Crippen LogP contribution >= 0.6 is 30.5 Å². The van der Waals surface area contributed by atoms with Crippen molar-refractivity contribution in [2.24, 2.45) is 5.73 Å². The Morgan fingerprint density at radius 2 is 2.07 bits per heavy atom. The van der Waals surface area contributed by atoms with Crippen LogP contribution in [0.25, 0.3) is 0 Å². The molecule has 1 atom stereocenters. The van der Waals surface area contributed by atoms with Gasteiger partial charge in [0.2, 0.25) is 0 Å². The highest BCUT2D eigenvalue weighted by molar-refractivity contribution is 7.46. The summed E-state index contributed by atoms with van der Waals surface area (Å²) in [5.74, 6) is 6.45. The van der Waals surface area contributed by atoms with Crippen molar-refractivity contribution in [3.05, 3.63) is 43.8 Å². The van der Waals surface area contributed by atoms with E-state index in [1.165, 1.54) is 10.4 Å². The first-order chi connectivity index (χ1) is 12.6. The van der Waals surface area contributed by atoms with Crippen LogP contribution in [-0.2, 0) is 21.9 Å². The maximum Gasteiger partial charge on any atom is 0.469 e. The summed E-state index contributed by atoms with van der Waals surface area (Å²) in [6, 6.07) is 6.20. The lowest BCUT2D eigenvalue weighted by Gasteiger charge is -2.24. The Balaban J connectivity index is 1.74. The summed E-state index contributed by atoms with van der Waals surface area (Å²) in [5, 5.41) is 2.13. The van der Waals surface area contributed by atoms with Gasteiger partial charge in [-0.25, -0.2) is 4.57 Å². The number of phosphoric acid groups is 1. The van der Waals surface area contributed by atoms with Gasteiger partial charge in [0.05, 0.1) is 11.5 Å². The van der Waals surface area contributed by atoms with E-state index in [1.54, 1.807) is 18.3 Å². The van der Waals surface area contributed by atoms with E-state index in [1.807, 2.05) is 23.5 Å². The quantitative estimate of drug-likeness (QED) is 0.316. The molecule has 8 heteroatoms. The molecule has 0 aliphatic rings. The van der Waals surface area contributed by atoms with Gasteiger partial charge in [-0.2, -0.15) is 0 Å². The molecule has 0 saturated carbocycles. The summed E-state index contributed by atoms with van der Waals surface area (Å²) in [4.78, 5) is 21.2. The Hall–Kier alpha value is -0.970. The maximum absolute atomic E-state index is 10.8. The lowest BCUT2D eigenvalue weighted by molar-refractivity contribution is 0.154. The molecule has 148 valence electrons. The van der Waals surface area contributed by atoms with Gasteiger partial charge in [0, 0.05) is 21.7 Å². The Morgan fingerprint density at radius 1 is 1.30 bits per heavy atom. The van der Waals surface area contributed by atoms with Crippen LogP contribution in [0.5, 0.6) is 0 Å². The van der Waals surface area contributed by atoms with Crippen LogP contribution in [0.15, 0.2) is 23.6 Å². The van der Waals surface area contributed by atoms with Gasteiger partial charge in [-0.3, -0.25) is 4.52 Å². The summed E-state index contributed by atoms with van der Waals surface area (Å²) in [5.41, 5.74) is 6.63. The van der Waals surface area contributed by atoms with Gasteiger partial charge in [-0.05, 0) is 68.7 Å². The molecule has 0 radical (unpaired) electrons. The Bertz CT molecular complexity index is 841. The molecule has 0 spiro atoms. The van der Waals surface area contributed by atoms with Crippen LogP contribution in [0.4, 0.5) is 0 Å². The zero-order valence-electron chi connectivity index (χ0n) is 15.6. The molecule has 2 heterocycles. The van der Waals surface area contributed by atoms with Gasteiger partial charge in [-0.1, -0.05) is 11.8 Å². The third-order valence-corrected chi connectivity index (χ3v) is 6.66. The van der Waals surface area contributed by atoms with E-state index in [2.05, 4.69) is 34.7 Å². The van der Waals surface area contributed by atoms with Gasteiger partial charge in [0.1, 0.15) is 0 Å². The molecule has 0 amide bonds. The molecule has 0 aliphatic heterocycles. The molecule has 0 aliphatic carbocycles. The molecule has 27 heavy (non-hydrogen) atoms. The molecule has 2 aromatic heterocycles. The number of hydrogen-bond acceptors (Lipinski definition) is 5. The molecule has 0 aromatic carbocycles. The van der Waals surface area contributed by atoms with Gasteiger partial charge < -0.3 is 15.5 Å². The summed E-state index contributed by atoms with van der Waals surface area (Å²) >= 11 is 3.44. The molecule has 0 fully saturated rings. The number of thiophene rings is 2. The van der Waals surface area contributed by atoms with Crippen molar-refractivity contribution in [1.29, 1.82) is 0 Å². The molecular weight excluding hydrogens is 401 g/mol. The van der Waals surface area contributed by atoms with Crippen LogP contribution in [-0.4, -0.2) is 21.9 Å². The van der Waals surface area contributed by atoms with E-state index in [0.29, 0.717) is 6.42 Å². The highest BCUT2D eigenvalue weighted by atomic mass is 32.1. The normalized spacial score (nSPS) is 13.8. The summed E-state index contributed by atoms with van der Waals surface area (Å²) < 4.78 is 15.3. The van der Waals surface area contributed by atoms with E-state index in [-0.39, 0.29) is 6.61 Å². The highest BCUT2D eigenvalue weighted by Crippen LogP contribution is 2.37. The lowest BCUT2D eigenvalue weighted by Crippen LogP contribution is -2.41. The SMILES string of the molecule is Cc1ccsc1CCCC#Cc1ccc(CCC(C)(N)COP(=O)(O)O)s1. The van der Waals surface area contributed by atoms with Crippen LogP contribution in [0.1, 0.15) is 46.4 Å². The monoisotopic (exact) mass is 427 g/mol. The second-order valence-corrected chi connectivity index (χ2v) is 10.3. The van der Waals surface area contributed by atoms with Gasteiger partial charge >= 0.3 is 7.82 Å². The third kappa shape index (κ3) is 8.71. The van der Waals surface area contributed by atoms with Crippen LogP contribution in [0.3, 0.4) is 0 Å². The van der Waals surface area contributed by atoms with Gasteiger partial charge in [0.25, 0.3) is 0 Å². The molecule has 2 rings (SSSR count). The smallest absolute Gasteiger partial charge is 0.323 e. The lowest BCUT2D eigenvalue weighted by atomic mass is 9.98. The first-order valence-corrected chi connectivity index (χ1v) is 12.0. The molecule has 2 aromatic rings.